The predicted octanol–water partition coefficient (Wildman–Crippen LogP) is -0.0740. The molecule has 1 amide bonds. The number of pyridine rings is 1. The molecule has 4 atom stereocenters. The Morgan fingerprint density at radius 3 is 3.00 bits per heavy atom. The van der Waals surface area contributed by atoms with Crippen LogP contribution in [0, 0.1) is 5.92 Å². The van der Waals surface area contributed by atoms with Crippen LogP contribution in [0.1, 0.15) is 16.8 Å². The van der Waals surface area contributed by atoms with Crippen molar-refractivity contribution in [3.05, 3.63) is 30.1 Å². The second-order valence-corrected chi connectivity index (χ2v) is 4.60. The maximum atomic E-state index is 11.9. The molecule has 90 valence electrons. The van der Waals surface area contributed by atoms with E-state index in [1.54, 1.807) is 24.5 Å². The van der Waals surface area contributed by atoms with Gasteiger partial charge in [-0.25, -0.2) is 0 Å². The normalized spacial score (nSPS) is 34.9. The zero-order chi connectivity index (χ0) is 11.8. The average molecular weight is 233 g/mol. The van der Waals surface area contributed by atoms with Gasteiger partial charge in [-0.15, -0.1) is 0 Å². The lowest BCUT2D eigenvalue weighted by molar-refractivity contribution is -0.0161. The van der Waals surface area contributed by atoms with Crippen molar-refractivity contribution in [2.24, 2.45) is 11.7 Å². The van der Waals surface area contributed by atoms with Gasteiger partial charge in [0, 0.05) is 36.5 Å². The minimum Gasteiger partial charge on any atom is -0.376 e. The number of carbonyl (C=O) groups is 1. The van der Waals surface area contributed by atoms with Crippen molar-refractivity contribution in [2.75, 3.05) is 6.61 Å². The van der Waals surface area contributed by atoms with Crippen LogP contribution in [-0.4, -0.2) is 35.7 Å². The number of carbonyl (C=O) groups excluding carboxylic acids is 1. The van der Waals surface area contributed by atoms with Gasteiger partial charge in [0.15, 0.2) is 0 Å². The molecular weight excluding hydrogens is 218 g/mol. The van der Waals surface area contributed by atoms with Crippen LogP contribution >= 0.6 is 0 Å². The van der Waals surface area contributed by atoms with E-state index in [1.165, 1.54) is 0 Å². The highest BCUT2D eigenvalue weighted by Crippen LogP contribution is 2.37. The lowest BCUT2D eigenvalue weighted by Gasteiger charge is -2.45. The summed E-state index contributed by atoms with van der Waals surface area (Å²) in [6.45, 7) is 0.755. The monoisotopic (exact) mass is 233 g/mol. The van der Waals surface area contributed by atoms with Crippen molar-refractivity contribution >= 4 is 5.91 Å². The van der Waals surface area contributed by atoms with E-state index in [4.69, 9.17) is 10.5 Å². The molecule has 17 heavy (non-hydrogen) atoms. The molecule has 3 N–H and O–H groups in total. The SMILES string of the molecule is NC1C2CCOC2C1NC(=O)c1ccncc1. The van der Waals surface area contributed by atoms with E-state index >= 15 is 0 Å². The smallest absolute Gasteiger partial charge is 0.251 e. The average Bonchev–Trinajstić information content (AvgIpc) is 2.81. The Morgan fingerprint density at radius 2 is 2.24 bits per heavy atom. The molecule has 0 spiro atoms. The summed E-state index contributed by atoms with van der Waals surface area (Å²) in [4.78, 5) is 15.8. The summed E-state index contributed by atoms with van der Waals surface area (Å²) in [5.74, 6) is 0.305. The minimum atomic E-state index is -0.109. The van der Waals surface area contributed by atoms with Crippen LogP contribution in [0.4, 0.5) is 0 Å². The van der Waals surface area contributed by atoms with E-state index in [0.29, 0.717) is 11.5 Å². The van der Waals surface area contributed by atoms with Crippen LogP contribution in [0.2, 0.25) is 0 Å². The Bertz CT molecular complexity index is 423. The Kier molecular flexibility index (Phi) is 2.57. The Hall–Kier alpha value is -1.46. The summed E-state index contributed by atoms with van der Waals surface area (Å²) in [5, 5.41) is 2.94. The standard InChI is InChI=1S/C12H15N3O2/c13-9-8-3-6-17-11(8)10(9)15-12(16)7-1-4-14-5-2-7/h1-2,4-5,8-11H,3,6,13H2,(H,15,16). The zero-order valence-corrected chi connectivity index (χ0v) is 9.37. The van der Waals surface area contributed by atoms with E-state index in [1.807, 2.05) is 0 Å². The molecule has 1 aliphatic heterocycles. The summed E-state index contributed by atoms with van der Waals surface area (Å²) < 4.78 is 5.56. The molecular formula is C12H15N3O2. The van der Waals surface area contributed by atoms with Gasteiger partial charge in [0.2, 0.25) is 0 Å². The summed E-state index contributed by atoms with van der Waals surface area (Å²) >= 11 is 0. The fourth-order valence-electron chi connectivity index (χ4n) is 2.67. The van der Waals surface area contributed by atoms with Gasteiger partial charge in [-0.05, 0) is 18.6 Å². The summed E-state index contributed by atoms with van der Waals surface area (Å²) in [6.07, 6.45) is 4.32. The van der Waals surface area contributed by atoms with Gasteiger partial charge in [0.25, 0.3) is 5.91 Å². The minimum absolute atomic E-state index is 0.0216. The number of hydrogen-bond donors (Lipinski definition) is 2. The Balaban J connectivity index is 1.66. The van der Waals surface area contributed by atoms with Crippen LogP contribution in [0.25, 0.3) is 0 Å². The molecule has 0 radical (unpaired) electrons. The number of fused-ring (bicyclic) bond motifs is 1. The highest BCUT2D eigenvalue weighted by atomic mass is 16.5. The third kappa shape index (κ3) is 1.71. The first-order chi connectivity index (χ1) is 8.27. The molecule has 1 saturated heterocycles. The van der Waals surface area contributed by atoms with Gasteiger partial charge in [-0.2, -0.15) is 0 Å². The molecule has 1 saturated carbocycles. The lowest BCUT2D eigenvalue weighted by Crippen LogP contribution is -2.68. The summed E-state index contributed by atoms with van der Waals surface area (Å²) in [7, 11) is 0. The van der Waals surface area contributed by atoms with Crippen molar-refractivity contribution in [1.82, 2.24) is 10.3 Å². The largest absolute Gasteiger partial charge is 0.376 e. The Morgan fingerprint density at radius 1 is 1.47 bits per heavy atom. The van der Waals surface area contributed by atoms with Gasteiger partial charge in [0.1, 0.15) is 0 Å². The van der Waals surface area contributed by atoms with Crippen molar-refractivity contribution in [1.29, 1.82) is 0 Å². The molecule has 3 rings (SSSR count). The third-order valence-electron chi connectivity index (χ3n) is 3.69. The summed E-state index contributed by atoms with van der Waals surface area (Å²) in [6, 6.07) is 3.34. The number of nitrogens with two attached hydrogens (primary N) is 1. The fraction of sp³-hybridized carbons (Fsp3) is 0.500. The van der Waals surface area contributed by atoms with Crippen molar-refractivity contribution in [2.45, 2.75) is 24.6 Å². The van der Waals surface area contributed by atoms with Crippen molar-refractivity contribution in [3.8, 4) is 0 Å². The molecule has 0 bridgehead atoms. The first kappa shape index (κ1) is 10.7. The van der Waals surface area contributed by atoms with E-state index in [9.17, 15) is 4.79 Å². The molecule has 5 heteroatoms. The van der Waals surface area contributed by atoms with Gasteiger partial charge >= 0.3 is 0 Å². The van der Waals surface area contributed by atoms with Crippen LogP contribution in [0.3, 0.4) is 0 Å². The maximum absolute atomic E-state index is 11.9. The van der Waals surface area contributed by atoms with Gasteiger partial charge in [-0.1, -0.05) is 0 Å². The van der Waals surface area contributed by atoms with E-state index < -0.39 is 0 Å². The number of hydrogen-bond acceptors (Lipinski definition) is 4. The molecule has 5 nitrogen and oxygen atoms in total. The third-order valence-corrected chi connectivity index (χ3v) is 3.69. The van der Waals surface area contributed by atoms with Crippen molar-refractivity contribution < 1.29 is 9.53 Å². The van der Waals surface area contributed by atoms with Gasteiger partial charge < -0.3 is 15.8 Å². The van der Waals surface area contributed by atoms with Gasteiger partial charge in [0.05, 0.1) is 12.1 Å². The topological polar surface area (TPSA) is 77.2 Å². The highest BCUT2D eigenvalue weighted by molar-refractivity contribution is 5.94. The first-order valence-electron chi connectivity index (χ1n) is 5.85. The van der Waals surface area contributed by atoms with Crippen LogP contribution < -0.4 is 11.1 Å². The maximum Gasteiger partial charge on any atom is 0.251 e. The molecule has 1 aromatic heterocycles. The molecule has 4 unspecified atom stereocenters. The first-order valence-corrected chi connectivity index (χ1v) is 5.85. The zero-order valence-electron chi connectivity index (χ0n) is 9.37. The number of nitrogens with one attached hydrogen (secondary N) is 1. The van der Waals surface area contributed by atoms with Gasteiger partial charge in [-0.3, -0.25) is 9.78 Å². The quantitative estimate of drug-likeness (QED) is 0.749. The number of aromatic nitrogens is 1. The number of rotatable bonds is 2. The molecule has 1 aliphatic carbocycles. The number of nitrogens with zero attached hydrogens (tertiary/aromatic N) is 1. The predicted molar refractivity (Wildman–Crippen MR) is 61.3 cm³/mol. The fourth-order valence-corrected chi connectivity index (χ4v) is 2.67. The second kappa shape index (κ2) is 4.09. The van der Waals surface area contributed by atoms with Crippen LogP contribution in [0.5, 0.6) is 0 Å². The molecule has 2 fully saturated rings. The van der Waals surface area contributed by atoms with Crippen LogP contribution in [-0.2, 0) is 4.74 Å². The van der Waals surface area contributed by atoms with E-state index in [2.05, 4.69) is 10.3 Å². The van der Waals surface area contributed by atoms with Crippen LogP contribution in [0.15, 0.2) is 24.5 Å². The van der Waals surface area contributed by atoms with Crippen molar-refractivity contribution in [3.63, 3.8) is 0 Å². The lowest BCUT2D eigenvalue weighted by atomic mass is 9.72. The number of ether oxygens (including phenoxy) is 1. The molecule has 1 aromatic rings. The van der Waals surface area contributed by atoms with E-state index in [0.717, 1.165) is 13.0 Å². The summed E-state index contributed by atoms with van der Waals surface area (Å²) in [5.41, 5.74) is 6.63. The molecule has 2 aliphatic rings. The second-order valence-electron chi connectivity index (χ2n) is 4.60. The highest BCUT2D eigenvalue weighted by Gasteiger charge is 2.52. The van der Waals surface area contributed by atoms with E-state index in [-0.39, 0.29) is 24.1 Å². The molecule has 0 aromatic carbocycles. The number of amides is 1. The molecule has 2 heterocycles. The Labute approximate surface area is 99.4 Å².